The molecular weight excluding hydrogens is 318 g/mol. The minimum Gasteiger partial charge on any atom is -0.381 e. The first kappa shape index (κ1) is 16.2. The number of hydrogen-bond donors (Lipinski definition) is 1. The topological polar surface area (TPSA) is 81.9 Å². The molecule has 2 heterocycles. The van der Waals surface area contributed by atoms with E-state index in [1.165, 1.54) is 0 Å². The Kier molecular flexibility index (Phi) is 4.48. The van der Waals surface area contributed by atoms with E-state index in [0.717, 1.165) is 44.2 Å². The van der Waals surface area contributed by atoms with Crippen molar-refractivity contribution in [1.29, 1.82) is 0 Å². The Morgan fingerprint density at radius 3 is 2.64 bits per heavy atom. The van der Waals surface area contributed by atoms with Gasteiger partial charge in [-0.3, -0.25) is 9.36 Å². The first-order valence-electron chi connectivity index (χ1n) is 8.94. The molecule has 0 atom stereocenters. The number of carbonyl (C=O) groups is 1. The molecule has 0 aromatic carbocycles. The van der Waals surface area contributed by atoms with Gasteiger partial charge in [-0.25, -0.2) is 15.0 Å². The van der Waals surface area contributed by atoms with Gasteiger partial charge in [-0.1, -0.05) is 0 Å². The molecule has 2 aromatic rings. The number of nitrogens with zero attached hydrogens (tertiary/aromatic N) is 4. The summed E-state index contributed by atoms with van der Waals surface area (Å²) >= 11 is 0. The molecule has 7 heteroatoms. The van der Waals surface area contributed by atoms with Crippen molar-refractivity contribution < 1.29 is 9.53 Å². The van der Waals surface area contributed by atoms with Crippen molar-refractivity contribution in [3.63, 3.8) is 0 Å². The fourth-order valence-electron chi connectivity index (χ4n) is 3.35. The molecule has 7 nitrogen and oxygen atoms in total. The molecule has 2 saturated carbocycles. The number of aromatic nitrogens is 4. The van der Waals surface area contributed by atoms with Crippen molar-refractivity contribution >= 4 is 5.91 Å². The molecule has 2 fully saturated rings. The molecular formula is C18H23N5O2. The number of hydrogen-bond acceptors (Lipinski definition) is 5. The molecule has 0 spiro atoms. The van der Waals surface area contributed by atoms with E-state index >= 15 is 0 Å². The van der Waals surface area contributed by atoms with Crippen molar-refractivity contribution in [1.82, 2.24) is 24.8 Å². The van der Waals surface area contributed by atoms with Gasteiger partial charge in [0.1, 0.15) is 12.0 Å². The highest BCUT2D eigenvalue weighted by atomic mass is 16.5. The van der Waals surface area contributed by atoms with Gasteiger partial charge in [-0.15, -0.1) is 0 Å². The average Bonchev–Trinajstić information content (AvgIpc) is 3.36. The standard InChI is InChI=1S/C18H23N5O2/c1-25-14-6-4-13(5-7-14)20-17(24)16-10-15(12-2-3-12)21-18(22-16)23-9-8-19-11-23/h8-14H,2-7H2,1H3,(H,20,24)/t13-,14-. The maximum absolute atomic E-state index is 12.7. The molecule has 2 aromatic heterocycles. The molecule has 1 N–H and O–H groups in total. The van der Waals surface area contributed by atoms with Crippen LogP contribution < -0.4 is 5.32 Å². The van der Waals surface area contributed by atoms with Crippen molar-refractivity contribution in [2.75, 3.05) is 7.11 Å². The molecule has 0 aliphatic heterocycles. The van der Waals surface area contributed by atoms with Crippen LogP contribution >= 0.6 is 0 Å². The van der Waals surface area contributed by atoms with Crippen LogP contribution in [0, 0.1) is 0 Å². The molecule has 0 saturated heterocycles. The summed E-state index contributed by atoms with van der Waals surface area (Å²) in [4.78, 5) is 25.8. The van der Waals surface area contributed by atoms with Crippen LogP contribution in [-0.2, 0) is 4.74 Å². The summed E-state index contributed by atoms with van der Waals surface area (Å²) in [5.74, 6) is 0.843. The van der Waals surface area contributed by atoms with E-state index in [1.807, 2.05) is 6.07 Å². The molecule has 0 radical (unpaired) electrons. The minimum absolute atomic E-state index is 0.119. The number of methoxy groups -OCH3 is 1. The van der Waals surface area contributed by atoms with E-state index < -0.39 is 0 Å². The summed E-state index contributed by atoms with van der Waals surface area (Å²) in [6.45, 7) is 0. The number of ether oxygens (including phenoxy) is 1. The number of imidazole rings is 1. The normalized spacial score (nSPS) is 23.4. The summed E-state index contributed by atoms with van der Waals surface area (Å²) < 4.78 is 7.14. The van der Waals surface area contributed by atoms with Crippen molar-refractivity contribution in [3.05, 3.63) is 36.2 Å². The molecule has 132 valence electrons. The van der Waals surface area contributed by atoms with Crippen LogP contribution in [0.2, 0.25) is 0 Å². The zero-order valence-electron chi connectivity index (χ0n) is 14.4. The minimum atomic E-state index is -0.119. The highest BCUT2D eigenvalue weighted by Gasteiger charge is 2.28. The average molecular weight is 341 g/mol. The quantitative estimate of drug-likeness (QED) is 0.902. The maximum atomic E-state index is 12.7. The first-order valence-corrected chi connectivity index (χ1v) is 8.94. The SMILES string of the molecule is CO[C@H]1CC[C@H](NC(=O)c2cc(C3CC3)nc(-n3ccnc3)n2)CC1. The monoisotopic (exact) mass is 341 g/mol. The molecule has 2 aliphatic rings. The van der Waals surface area contributed by atoms with Gasteiger partial charge >= 0.3 is 0 Å². The zero-order valence-corrected chi connectivity index (χ0v) is 14.4. The van der Waals surface area contributed by atoms with Crippen LogP contribution in [0.1, 0.15) is 60.6 Å². The highest BCUT2D eigenvalue weighted by Crippen LogP contribution is 2.39. The second-order valence-corrected chi connectivity index (χ2v) is 6.91. The molecule has 4 rings (SSSR count). The van der Waals surface area contributed by atoms with Crippen molar-refractivity contribution in [2.45, 2.75) is 56.6 Å². The third-order valence-electron chi connectivity index (χ3n) is 5.04. The van der Waals surface area contributed by atoms with Gasteiger partial charge in [0.15, 0.2) is 0 Å². The van der Waals surface area contributed by atoms with Gasteiger partial charge in [-0.2, -0.15) is 0 Å². The molecule has 0 unspecified atom stereocenters. The third-order valence-corrected chi connectivity index (χ3v) is 5.04. The van der Waals surface area contributed by atoms with Crippen LogP contribution in [0.5, 0.6) is 0 Å². The predicted molar refractivity (Wildman–Crippen MR) is 91.6 cm³/mol. The number of carbonyl (C=O) groups excluding carboxylic acids is 1. The number of nitrogens with one attached hydrogen (secondary N) is 1. The third kappa shape index (κ3) is 3.71. The Morgan fingerprint density at radius 1 is 1.20 bits per heavy atom. The molecule has 0 bridgehead atoms. The van der Waals surface area contributed by atoms with E-state index in [2.05, 4.69) is 20.3 Å². The Bertz CT molecular complexity index is 734. The van der Waals surface area contributed by atoms with Crippen molar-refractivity contribution in [3.8, 4) is 5.95 Å². The Balaban J connectivity index is 1.51. The smallest absolute Gasteiger partial charge is 0.270 e. The van der Waals surface area contributed by atoms with Gasteiger partial charge < -0.3 is 10.1 Å². The van der Waals surface area contributed by atoms with Crippen LogP contribution in [0.25, 0.3) is 5.95 Å². The highest BCUT2D eigenvalue weighted by molar-refractivity contribution is 5.92. The van der Waals surface area contributed by atoms with Crippen molar-refractivity contribution in [2.24, 2.45) is 0 Å². The van der Waals surface area contributed by atoms with Gasteiger partial charge in [0.05, 0.1) is 6.10 Å². The zero-order chi connectivity index (χ0) is 17.2. The largest absolute Gasteiger partial charge is 0.381 e. The van der Waals surface area contributed by atoms with Gasteiger partial charge in [-0.05, 0) is 44.6 Å². The number of amides is 1. The molecule has 2 aliphatic carbocycles. The molecule has 1 amide bonds. The van der Waals surface area contributed by atoms with Crippen LogP contribution in [0.4, 0.5) is 0 Å². The Labute approximate surface area is 146 Å². The molecule has 25 heavy (non-hydrogen) atoms. The lowest BCUT2D eigenvalue weighted by Crippen LogP contribution is -2.39. The van der Waals surface area contributed by atoms with E-state index in [1.54, 1.807) is 30.4 Å². The Morgan fingerprint density at radius 2 is 2.00 bits per heavy atom. The number of rotatable bonds is 5. The second kappa shape index (κ2) is 6.92. The predicted octanol–water partition coefficient (Wildman–Crippen LogP) is 2.23. The first-order chi connectivity index (χ1) is 12.2. The lowest BCUT2D eigenvalue weighted by atomic mass is 9.93. The van der Waals surface area contributed by atoms with Gasteiger partial charge in [0, 0.05) is 37.2 Å². The fraction of sp³-hybridized carbons (Fsp3) is 0.556. The fourth-order valence-corrected chi connectivity index (χ4v) is 3.35. The van der Waals surface area contributed by atoms with E-state index in [9.17, 15) is 4.79 Å². The van der Waals surface area contributed by atoms with E-state index in [-0.39, 0.29) is 11.9 Å². The van der Waals surface area contributed by atoms with Gasteiger partial charge in [0.25, 0.3) is 5.91 Å². The van der Waals surface area contributed by atoms with Crippen LogP contribution in [0.3, 0.4) is 0 Å². The maximum Gasteiger partial charge on any atom is 0.270 e. The summed E-state index contributed by atoms with van der Waals surface area (Å²) in [5.41, 5.74) is 1.39. The Hall–Kier alpha value is -2.28. The second-order valence-electron chi connectivity index (χ2n) is 6.91. The van der Waals surface area contributed by atoms with E-state index in [4.69, 9.17) is 4.74 Å². The lowest BCUT2D eigenvalue weighted by molar-refractivity contribution is 0.0598. The lowest BCUT2D eigenvalue weighted by Gasteiger charge is -2.28. The van der Waals surface area contributed by atoms with Gasteiger partial charge in [0.2, 0.25) is 5.95 Å². The van der Waals surface area contributed by atoms with E-state index in [0.29, 0.717) is 23.7 Å². The summed E-state index contributed by atoms with van der Waals surface area (Å²) in [7, 11) is 1.75. The summed E-state index contributed by atoms with van der Waals surface area (Å²) in [6, 6.07) is 2.03. The van der Waals surface area contributed by atoms with Crippen LogP contribution in [0.15, 0.2) is 24.8 Å². The summed E-state index contributed by atoms with van der Waals surface area (Å²) in [6.07, 6.45) is 11.6. The van der Waals surface area contributed by atoms with Crippen LogP contribution in [-0.4, -0.2) is 44.7 Å². The summed E-state index contributed by atoms with van der Waals surface area (Å²) in [5, 5.41) is 3.13.